The lowest BCUT2D eigenvalue weighted by atomic mass is 9.83. The summed E-state index contributed by atoms with van der Waals surface area (Å²) in [5.74, 6) is 2.48. The molecule has 0 heteroatoms. The molecule has 0 amide bonds. The van der Waals surface area contributed by atoms with E-state index < -0.39 is 0 Å². The van der Waals surface area contributed by atoms with E-state index in [1.54, 1.807) is 11.5 Å². The highest BCUT2D eigenvalue weighted by Gasteiger charge is 2.15. The van der Waals surface area contributed by atoms with Crippen molar-refractivity contribution in [1.82, 2.24) is 0 Å². The number of allylic oxidation sites excluding steroid dienone is 2. The highest BCUT2D eigenvalue weighted by Crippen LogP contribution is 2.29. The maximum Gasteiger partial charge on any atom is -0.0269 e. The van der Waals surface area contributed by atoms with Crippen LogP contribution < -0.4 is 0 Å². The van der Waals surface area contributed by atoms with Gasteiger partial charge in [0, 0.05) is 0 Å². The zero-order chi connectivity index (χ0) is 7.56. The third-order valence-electron chi connectivity index (χ3n) is 2.45. The molecule has 57 valence electrons. The Morgan fingerprint density at radius 3 is 2.60 bits per heavy atom. The smallest absolute Gasteiger partial charge is 0.0269 e. The second-order valence-corrected chi connectivity index (χ2v) is 3.60. The topological polar surface area (TPSA) is 0 Å². The zero-order valence-electron chi connectivity index (χ0n) is 7.28. The van der Waals surface area contributed by atoms with Crippen LogP contribution in [0, 0.1) is 11.8 Å². The SMILES string of the molecule is C[C](C)[C@H]1CC=C(C)CC1. The monoisotopic (exact) mass is 137 g/mol. The molecule has 0 spiro atoms. The number of hydrogen-bond acceptors (Lipinski definition) is 0. The minimum atomic E-state index is 0.878. The van der Waals surface area contributed by atoms with Crippen LogP contribution in [0.3, 0.4) is 0 Å². The lowest BCUT2D eigenvalue weighted by molar-refractivity contribution is 0.488. The largest absolute Gasteiger partial charge is 0.0853 e. The first-order chi connectivity index (χ1) is 4.70. The summed E-state index contributed by atoms with van der Waals surface area (Å²) in [7, 11) is 0. The summed E-state index contributed by atoms with van der Waals surface area (Å²) in [6.45, 7) is 6.74. The van der Waals surface area contributed by atoms with Gasteiger partial charge in [-0.25, -0.2) is 0 Å². The molecule has 0 aliphatic heterocycles. The van der Waals surface area contributed by atoms with Gasteiger partial charge < -0.3 is 0 Å². The van der Waals surface area contributed by atoms with Gasteiger partial charge in [-0.2, -0.15) is 0 Å². The lowest BCUT2D eigenvalue weighted by Crippen LogP contribution is -2.09. The predicted octanol–water partition coefficient (Wildman–Crippen LogP) is 3.35. The molecule has 10 heavy (non-hydrogen) atoms. The quantitative estimate of drug-likeness (QED) is 0.486. The van der Waals surface area contributed by atoms with Crippen molar-refractivity contribution in [3.63, 3.8) is 0 Å². The Bertz CT molecular complexity index is 131. The van der Waals surface area contributed by atoms with Gasteiger partial charge in [0.15, 0.2) is 0 Å². The summed E-state index contributed by atoms with van der Waals surface area (Å²) in [5, 5.41) is 0. The zero-order valence-corrected chi connectivity index (χ0v) is 7.28. The molecule has 1 aliphatic carbocycles. The molecule has 0 bridgehead atoms. The summed E-state index contributed by atoms with van der Waals surface area (Å²) < 4.78 is 0. The molecule has 0 saturated heterocycles. The van der Waals surface area contributed by atoms with E-state index in [0.29, 0.717) is 0 Å². The van der Waals surface area contributed by atoms with E-state index in [2.05, 4.69) is 26.8 Å². The Labute approximate surface area is 64.3 Å². The van der Waals surface area contributed by atoms with Crippen molar-refractivity contribution in [3.8, 4) is 0 Å². The molecular formula is C10H17. The van der Waals surface area contributed by atoms with Crippen LogP contribution in [0.2, 0.25) is 0 Å². The fourth-order valence-corrected chi connectivity index (χ4v) is 1.49. The van der Waals surface area contributed by atoms with Gasteiger partial charge in [0.2, 0.25) is 0 Å². The first-order valence-corrected chi connectivity index (χ1v) is 4.16. The van der Waals surface area contributed by atoms with Crippen LogP contribution in [0.15, 0.2) is 11.6 Å². The van der Waals surface area contributed by atoms with Crippen molar-refractivity contribution in [1.29, 1.82) is 0 Å². The van der Waals surface area contributed by atoms with Gasteiger partial charge in [-0.3, -0.25) is 0 Å². The van der Waals surface area contributed by atoms with Crippen molar-refractivity contribution in [2.24, 2.45) is 5.92 Å². The van der Waals surface area contributed by atoms with E-state index in [0.717, 1.165) is 5.92 Å². The molecule has 1 rings (SSSR count). The van der Waals surface area contributed by atoms with Gasteiger partial charge in [-0.15, -0.1) is 0 Å². The maximum atomic E-state index is 2.39. The summed E-state index contributed by atoms with van der Waals surface area (Å²) in [4.78, 5) is 0. The fraction of sp³-hybridized carbons (Fsp3) is 0.700. The molecule has 0 unspecified atom stereocenters. The van der Waals surface area contributed by atoms with E-state index in [1.807, 2.05) is 0 Å². The predicted molar refractivity (Wildman–Crippen MR) is 45.7 cm³/mol. The van der Waals surface area contributed by atoms with Gasteiger partial charge in [-0.05, 0) is 38.0 Å². The van der Waals surface area contributed by atoms with E-state index in [1.165, 1.54) is 19.3 Å². The first kappa shape index (κ1) is 7.84. The normalized spacial score (nSPS) is 26.8. The van der Waals surface area contributed by atoms with Crippen LogP contribution in [0.4, 0.5) is 0 Å². The Kier molecular flexibility index (Phi) is 2.53. The van der Waals surface area contributed by atoms with Crippen LogP contribution in [-0.2, 0) is 0 Å². The van der Waals surface area contributed by atoms with E-state index in [9.17, 15) is 0 Å². The summed E-state index contributed by atoms with van der Waals surface area (Å²) in [6.07, 6.45) is 6.37. The molecule has 1 atom stereocenters. The van der Waals surface area contributed by atoms with Gasteiger partial charge in [0.05, 0.1) is 0 Å². The van der Waals surface area contributed by atoms with Crippen LogP contribution in [0.25, 0.3) is 0 Å². The van der Waals surface area contributed by atoms with Crippen LogP contribution >= 0.6 is 0 Å². The molecular weight excluding hydrogens is 120 g/mol. The van der Waals surface area contributed by atoms with Crippen LogP contribution in [0.5, 0.6) is 0 Å². The minimum absolute atomic E-state index is 0.878. The highest BCUT2D eigenvalue weighted by molar-refractivity contribution is 5.07. The fourth-order valence-electron chi connectivity index (χ4n) is 1.49. The van der Waals surface area contributed by atoms with Crippen molar-refractivity contribution in [2.45, 2.75) is 40.0 Å². The van der Waals surface area contributed by atoms with Crippen molar-refractivity contribution in [3.05, 3.63) is 17.6 Å². The Hall–Kier alpha value is -0.260. The maximum absolute atomic E-state index is 2.39. The second-order valence-electron chi connectivity index (χ2n) is 3.60. The Morgan fingerprint density at radius 1 is 1.50 bits per heavy atom. The lowest BCUT2D eigenvalue weighted by Gasteiger charge is -2.23. The summed E-state index contributed by atoms with van der Waals surface area (Å²) in [5.41, 5.74) is 1.58. The third kappa shape index (κ3) is 1.86. The first-order valence-electron chi connectivity index (χ1n) is 4.16. The molecule has 0 N–H and O–H groups in total. The summed E-state index contributed by atoms with van der Waals surface area (Å²) >= 11 is 0. The molecule has 0 aromatic carbocycles. The molecule has 1 aliphatic rings. The average molecular weight is 137 g/mol. The van der Waals surface area contributed by atoms with E-state index in [-0.39, 0.29) is 0 Å². The summed E-state index contributed by atoms with van der Waals surface area (Å²) in [6, 6.07) is 0. The van der Waals surface area contributed by atoms with Crippen molar-refractivity contribution >= 4 is 0 Å². The second kappa shape index (κ2) is 3.23. The van der Waals surface area contributed by atoms with Crippen molar-refractivity contribution in [2.75, 3.05) is 0 Å². The standard InChI is InChI=1S/C10H17/c1-8(2)10-6-4-9(3)5-7-10/h4,10H,5-7H2,1-3H3/t10-/m0/s1. The van der Waals surface area contributed by atoms with Crippen molar-refractivity contribution < 1.29 is 0 Å². The molecule has 0 heterocycles. The van der Waals surface area contributed by atoms with E-state index >= 15 is 0 Å². The molecule has 0 fully saturated rings. The number of rotatable bonds is 1. The molecule has 0 aromatic heterocycles. The van der Waals surface area contributed by atoms with Gasteiger partial charge in [0.25, 0.3) is 0 Å². The molecule has 0 aromatic rings. The molecule has 0 saturated carbocycles. The van der Waals surface area contributed by atoms with E-state index in [4.69, 9.17) is 0 Å². The molecule has 0 nitrogen and oxygen atoms in total. The molecule has 1 radical (unpaired) electrons. The third-order valence-corrected chi connectivity index (χ3v) is 2.45. The average Bonchev–Trinajstić information content (AvgIpc) is 1.88. The van der Waals surface area contributed by atoms with Gasteiger partial charge in [0.1, 0.15) is 0 Å². The minimum Gasteiger partial charge on any atom is -0.0853 e. The Balaban J connectivity index is 2.42. The Morgan fingerprint density at radius 2 is 2.20 bits per heavy atom. The highest BCUT2D eigenvalue weighted by atomic mass is 14.2. The number of hydrogen-bond donors (Lipinski definition) is 0. The van der Waals surface area contributed by atoms with Crippen LogP contribution in [-0.4, -0.2) is 0 Å². The van der Waals surface area contributed by atoms with Gasteiger partial charge in [-0.1, -0.05) is 25.5 Å². The van der Waals surface area contributed by atoms with Gasteiger partial charge >= 0.3 is 0 Å². The van der Waals surface area contributed by atoms with Crippen LogP contribution in [0.1, 0.15) is 40.0 Å².